The molecule has 0 bridgehead atoms. The topological polar surface area (TPSA) is 47.9 Å². The van der Waals surface area contributed by atoms with Gasteiger partial charge < -0.3 is 19.3 Å². The number of aliphatic hydroxyl groups excluding tert-OH is 1. The molecule has 0 radical (unpaired) electrons. The van der Waals surface area contributed by atoms with E-state index >= 15 is 0 Å². The van der Waals surface area contributed by atoms with Crippen molar-refractivity contribution >= 4 is 0 Å². The number of aliphatic hydroxyl groups is 1. The molecule has 0 unspecified atom stereocenters. The summed E-state index contributed by atoms with van der Waals surface area (Å²) in [7, 11) is 1.61. The number of hydrogen-bond donors (Lipinski definition) is 1. The lowest BCUT2D eigenvalue weighted by Crippen LogP contribution is -2.02. The van der Waals surface area contributed by atoms with Crippen LogP contribution in [-0.2, 0) is 4.74 Å². The number of methoxy groups -OCH3 is 1. The molecule has 0 heterocycles. The van der Waals surface area contributed by atoms with E-state index in [9.17, 15) is 5.11 Å². The van der Waals surface area contributed by atoms with Crippen molar-refractivity contribution in [1.29, 1.82) is 0 Å². The largest absolute Gasteiger partial charge is 0.513 e. The summed E-state index contributed by atoms with van der Waals surface area (Å²) >= 11 is 0. The van der Waals surface area contributed by atoms with Crippen LogP contribution in [0.3, 0.4) is 0 Å². The van der Waals surface area contributed by atoms with Gasteiger partial charge in [-0.2, -0.15) is 0 Å². The van der Waals surface area contributed by atoms with E-state index in [4.69, 9.17) is 14.2 Å². The lowest BCUT2D eigenvalue weighted by Gasteiger charge is -2.16. The molecule has 4 nitrogen and oxygen atoms in total. The van der Waals surface area contributed by atoms with Crippen LogP contribution in [0, 0.1) is 13.8 Å². The van der Waals surface area contributed by atoms with Crippen LogP contribution in [0.25, 0.3) is 11.1 Å². The van der Waals surface area contributed by atoms with Gasteiger partial charge in [-0.3, -0.25) is 0 Å². The molecule has 0 spiro atoms. The Kier molecular flexibility index (Phi) is 7.35. The fraction of sp³-hybridized carbons (Fsp3) is 0.304. The van der Waals surface area contributed by atoms with Crippen LogP contribution in [0.1, 0.15) is 24.0 Å². The molecule has 2 aromatic rings. The summed E-state index contributed by atoms with van der Waals surface area (Å²) in [6.45, 7) is 12.3. The van der Waals surface area contributed by atoms with Gasteiger partial charge in [-0.15, -0.1) is 0 Å². The molecule has 144 valence electrons. The highest BCUT2D eigenvalue weighted by Crippen LogP contribution is 2.35. The van der Waals surface area contributed by atoms with Crippen molar-refractivity contribution in [3.63, 3.8) is 0 Å². The van der Waals surface area contributed by atoms with E-state index in [1.54, 1.807) is 7.11 Å². The van der Waals surface area contributed by atoms with E-state index in [-0.39, 0.29) is 5.76 Å². The van der Waals surface area contributed by atoms with Crippen LogP contribution < -0.4 is 9.47 Å². The Morgan fingerprint density at radius 3 is 2.37 bits per heavy atom. The molecule has 27 heavy (non-hydrogen) atoms. The number of hydrogen-bond acceptors (Lipinski definition) is 4. The molecule has 0 saturated carbocycles. The Balaban J connectivity index is 2.25. The second kappa shape index (κ2) is 9.72. The van der Waals surface area contributed by atoms with Crippen LogP contribution in [0.4, 0.5) is 0 Å². The van der Waals surface area contributed by atoms with Crippen LogP contribution in [-0.4, -0.2) is 25.4 Å². The van der Waals surface area contributed by atoms with Gasteiger partial charge in [0.2, 0.25) is 0 Å². The molecule has 0 aliphatic heterocycles. The highest BCUT2D eigenvalue weighted by molar-refractivity contribution is 5.75. The Morgan fingerprint density at radius 1 is 0.926 bits per heavy atom. The van der Waals surface area contributed by atoms with Gasteiger partial charge in [0.05, 0.1) is 31.8 Å². The Morgan fingerprint density at radius 2 is 1.67 bits per heavy atom. The summed E-state index contributed by atoms with van der Waals surface area (Å²) in [5.74, 6) is 2.38. The molecule has 0 aliphatic rings. The van der Waals surface area contributed by atoms with Crippen molar-refractivity contribution in [2.75, 3.05) is 20.3 Å². The second-order valence-corrected chi connectivity index (χ2v) is 6.48. The van der Waals surface area contributed by atoms with E-state index < -0.39 is 0 Å². The van der Waals surface area contributed by atoms with Gasteiger partial charge in [-0.1, -0.05) is 30.9 Å². The quantitative estimate of drug-likeness (QED) is 0.543. The number of ether oxygens (including phenoxy) is 3. The highest BCUT2D eigenvalue weighted by Gasteiger charge is 2.11. The van der Waals surface area contributed by atoms with Crippen molar-refractivity contribution in [3.8, 4) is 22.6 Å². The SMILES string of the molecule is C=C(O)CCOc1ccc(C)cc1-c1cc(OCCC(=C)OC)ccc1C. The third-order valence-corrected chi connectivity index (χ3v) is 4.22. The summed E-state index contributed by atoms with van der Waals surface area (Å²) in [6.07, 6.45) is 1.04. The van der Waals surface area contributed by atoms with Crippen LogP contribution in [0.15, 0.2) is 61.1 Å². The van der Waals surface area contributed by atoms with E-state index in [2.05, 4.69) is 33.1 Å². The Hall–Kier alpha value is -2.88. The van der Waals surface area contributed by atoms with Crippen LogP contribution in [0.2, 0.25) is 0 Å². The van der Waals surface area contributed by atoms with Crippen molar-refractivity contribution in [2.24, 2.45) is 0 Å². The molecule has 0 amide bonds. The molecule has 0 saturated heterocycles. The average molecular weight is 368 g/mol. The van der Waals surface area contributed by atoms with Gasteiger partial charge in [0.15, 0.2) is 0 Å². The first kappa shape index (κ1) is 20.4. The number of benzene rings is 2. The summed E-state index contributed by atoms with van der Waals surface area (Å²) < 4.78 is 16.8. The minimum Gasteiger partial charge on any atom is -0.513 e. The third-order valence-electron chi connectivity index (χ3n) is 4.22. The maximum atomic E-state index is 9.27. The predicted octanol–water partition coefficient (Wildman–Crippen LogP) is 5.74. The first-order valence-corrected chi connectivity index (χ1v) is 8.96. The van der Waals surface area contributed by atoms with Gasteiger partial charge >= 0.3 is 0 Å². The summed E-state index contributed by atoms with van der Waals surface area (Å²) in [5, 5.41) is 9.27. The first-order valence-electron chi connectivity index (χ1n) is 8.96. The third kappa shape index (κ3) is 6.10. The fourth-order valence-electron chi connectivity index (χ4n) is 2.62. The van der Waals surface area contributed by atoms with Crippen molar-refractivity contribution in [1.82, 2.24) is 0 Å². The molecule has 0 aromatic heterocycles. The first-order chi connectivity index (χ1) is 12.9. The zero-order chi connectivity index (χ0) is 19.8. The average Bonchev–Trinajstić information content (AvgIpc) is 2.64. The van der Waals surface area contributed by atoms with E-state index in [1.165, 1.54) is 0 Å². The smallest absolute Gasteiger partial charge is 0.127 e. The standard InChI is InChI=1S/C23H28O4/c1-16-6-9-23(27-12-10-18(3)24)22(14-16)21-15-20(8-7-17(21)2)26-13-11-19(4)25-5/h6-9,14-15,24H,3-4,10-13H2,1-2,5H3. The van der Waals surface area contributed by atoms with Crippen LogP contribution in [0.5, 0.6) is 11.5 Å². The van der Waals surface area contributed by atoms with Crippen LogP contribution >= 0.6 is 0 Å². The summed E-state index contributed by atoms with van der Waals surface area (Å²) in [6, 6.07) is 12.1. The molecule has 4 heteroatoms. The molecule has 0 atom stereocenters. The summed E-state index contributed by atoms with van der Waals surface area (Å²) in [5.41, 5.74) is 4.33. The minimum atomic E-state index is 0.118. The number of aryl methyl sites for hydroxylation is 2. The van der Waals surface area contributed by atoms with Crippen molar-refractivity contribution < 1.29 is 19.3 Å². The normalized spacial score (nSPS) is 10.3. The van der Waals surface area contributed by atoms with E-state index in [1.807, 2.05) is 30.3 Å². The maximum absolute atomic E-state index is 9.27. The monoisotopic (exact) mass is 368 g/mol. The number of rotatable bonds is 10. The van der Waals surface area contributed by atoms with Gasteiger partial charge in [-0.25, -0.2) is 0 Å². The zero-order valence-electron chi connectivity index (χ0n) is 16.4. The van der Waals surface area contributed by atoms with Gasteiger partial charge in [0, 0.05) is 18.4 Å². The molecule has 2 aromatic carbocycles. The lowest BCUT2D eigenvalue weighted by molar-refractivity contribution is 0.243. The Bertz CT molecular complexity index is 808. The van der Waals surface area contributed by atoms with Gasteiger partial charge in [0.1, 0.15) is 11.5 Å². The molecule has 1 N–H and O–H groups in total. The fourth-order valence-corrected chi connectivity index (χ4v) is 2.62. The van der Waals surface area contributed by atoms with Gasteiger partial charge in [-0.05, 0) is 49.2 Å². The highest BCUT2D eigenvalue weighted by atomic mass is 16.5. The summed E-state index contributed by atoms with van der Waals surface area (Å²) in [4.78, 5) is 0. The van der Waals surface area contributed by atoms with Crippen molar-refractivity contribution in [3.05, 3.63) is 72.2 Å². The van der Waals surface area contributed by atoms with E-state index in [0.717, 1.165) is 33.8 Å². The second-order valence-electron chi connectivity index (χ2n) is 6.48. The van der Waals surface area contributed by atoms with Gasteiger partial charge in [0.25, 0.3) is 0 Å². The lowest BCUT2D eigenvalue weighted by atomic mass is 9.98. The molecule has 0 aliphatic carbocycles. The molecular weight excluding hydrogens is 340 g/mol. The predicted molar refractivity (Wildman–Crippen MR) is 109 cm³/mol. The minimum absolute atomic E-state index is 0.118. The Labute approximate surface area is 161 Å². The maximum Gasteiger partial charge on any atom is 0.127 e. The molecule has 0 fully saturated rings. The molecular formula is C23H28O4. The van der Waals surface area contributed by atoms with E-state index in [0.29, 0.717) is 31.8 Å². The molecule has 2 rings (SSSR count). The zero-order valence-corrected chi connectivity index (χ0v) is 16.4. The van der Waals surface area contributed by atoms with Crippen molar-refractivity contribution in [2.45, 2.75) is 26.7 Å².